The summed E-state index contributed by atoms with van der Waals surface area (Å²) in [5.74, 6) is -0.636. The predicted molar refractivity (Wildman–Crippen MR) is 66.0 cm³/mol. The minimum atomic E-state index is -3.97. The number of carbonyl (C=O) groups is 1. The van der Waals surface area contributed by atoms with Crippen LogP contribution in [0.4, 0.5) is 5.82 Å². The van der Waals surface area contributed by atoms with Gasteiger partial charge in [-0.15, -0.1) is 0 Å². The minimum absolute atomic E-state index is 0.0889. The Morgan fingerprint density at radius 1 is 1.53 bits per heavy atom. The van der Waals surface area contributed by atoms with Gasteiger partial charge in [-0.3, -0.25) is 9.48 Å². The van der Waals surface area contributed by atoms with Gasteiger partial charge in [-0.2, -0.15) is 5.10 Å². The van der Waals surface area contributed by atoms with Crippen molar-refractivity contribution >= 4 is 21.7 Å². The highest BCUT2D eigenvalue weighted by Crippen LogP contribution is 2.19. The number of hydrogen-bond acceptors (Lipinski definition) is 5. The highest BCUT2D eigenvalue weighted by atomic mass is 32.2. The molecule has 102 valence electrons. The van der Waals surface area contributed by atoms with Gasteiger partial charge in [-0.25, -0.2) is 13.6 Å². The average Bonchev–Trinajstić information content (AvgIpc) is 2.84. The summed E-state index contributed by atoms with van der Waals surface area (Å²) in [6.07, 6.45) is 2.57. The topological polar surface area (TPSA) is 120 Å². The second kappa shape index (κ2) is 4.52. The Labute approximate surface area is 109 Å². The van der Waals surface area contributed by atoms with Gasteiger partial charge in [0.2, 0.25) is 10.0 Å². The molecule has 0 radical (unpaired) electrons. The number of sulfonamides is 1. The molecule has 0 aliphatic heterocycles. The molecule has 0 saturated heterocycles. The molecule has 0 spiro atoms. The third-order valence-corrected chi connectivity index (χ3v) is 3.31. The van der Waals surface area contributed by atoms with Crippen LogP contribution >= 0.6 is 0 Å². The lowest BCUT2D eigenvalue weighted by Crippen LogP contribution is -2.17. The van der Waals surface area contributed by atoms with Gasteiger partial charge in [0.25, 0.3) is 5.91 Å². The van der Waals surface area contributed by atoms with Crippen LogP contribution in [0, 0.1) is 6.92 Å². The number of nitrogens with zero attached hydrogens (tertiary/aromatic N) is 2. The van der Waals surface area contributed by atoms with Crippen molar-refractivity contribution in [2.45, 2.75) is 11.8 Å². The van der Waals surface area contributed by atoms with Crippen LogP contribution in [0.2, 0.25) is 0 Å². The predicted octanol–water partition coefficient (Wildman–Crippen LogP) is 0.221. The van der Waals surface area contributed by atoms with Crippen molar-refractivity contribution in [2.75, 3.05) is 5.32 Å². The van der Waals surface area contributed by atoms with Crippen molar-refractivity contribution in [3.8, 4) is 0 Å². The molecule has 8 nitrogen and oxygen atoms in total. The summed E-state index contributed by atoms with van der Waals surface area (Å²) in [6, 6.07) is 1.62. The molecule has 0 bridgehead atoms. The summed E-state index contributed by atoms with van der Waals surface area (Å²) in [6.45, 7) is 1.69. The van der Waals surface area contributed by atoms with Crippen molar-refractivity contribution in [2.24, 2.45) is 12.2 Å². The van der Waals surface area contributed by atoms with Crippen molar-refractivity contribution in [3.63, 3.8) is 0 Å². The Morgan fingerprint density at radius 2 is 2.21 bits per heavy atom. The molecule has 0 aliphatic carbocycles. The van der Waals surface area contributed by atoms with E-state index in [2.05, 4.69) is 10.4 Å². The molecule has 0 aromatic carbocycles. The normalized spacial score (nSPS) is 11.5. The van der Waals surface area contributed by atoms with E-state index in [0.29, 0.717) is 5.56 Å². The van der Waals surface area contributed by atoms with Crippen LogP contribution in [0.25, 0.3) is 0 Å². The minimum Gasteiger partial charge on any atom is -0.459 e. The lowest BCUT2D eigenvalue weighted by molar-refractivity contribution is 0.0995. The average molecular weight is 284 g/mol. The summed E-state index contributed by atoms with van der Waals surface area (Å²) < 4.78 is 28.9. The lowest BCUT2D eigenvalue weighted by atomic mass is 10.3. The number of hydrogen-bond donors (Lipinski definition) is 2. The molecule has 1 amide bonds. The zero-order valence-electron chi connectivity index (χ0n) is 10.2. The number of aromatic nitrogens is 2. The largest absolute Gasteiger partial charge is 0.459 e. The Hall–Kier alpha value is -2.13. The standard InChI is InChI=1S/C10H12N4O4S/c1-6-3-4-18-8(6)10(15)12-9-7(19(11,16)17)5-14(2)13-9/h3-5H,1-2H3,(H2,11,16,17)(H,12,13,15). The van der Waals surface area contributed by atoms with Crippen molar-refractivity contribution in [3.05, 3.63) is 29.9 Å². The second-order valence-electron chi connectivity index (χ2n) is 3.95. The molecule has 0 atom stereocenters. The van der Waals surface area contributed by atoms with Crippen molar-refractivity contribution < 1.29 is 17.6 Å². The van der Waals surface area contributed by atoms with E-state index in [1.807, 2.05) is 0 Å². The van der Waals surface area contributed by atoms with Gasteiger partial charge >= 0.3 is 0 Å². The summed E-state index contributed by atoms with van der Waals surface area (Å²) in [5, 5.41) is 11.2. The molecule has 19 heavy (non-hydrogen) atoms. The Bertz CT molecular complexity index is 729. The fraction of sp³-hybridized carbons (Fsp3) is 0.200. The van der Waals surface area contributed by atoms with E-state index in [1.54, 1.807) is 13.0 Å². The van der Waals surface area contributed by atoms with Gasteiger partial charge in [0, 0.05) is 18.8 Å². The molecule has 0 aliphatic rings. The van der Waals surface area contributed by atoms with Crippen LogP contribution in [-0.2, 0) is 17.1 Å². The zero-order valence-corrected chi connectivity index (χ0v) is 11.1. The van der Waals surface area contributed by atoms with E-state index >= 15 is 0 Å². The van der Waals surface area contributed by atoms with Gasteiger partial charge in [0.15, 0.2) is 11.6 Å². The first-order valence-electron chi connectivity index (χ1n) is 5.21. The summed E-state index contributed by atoms with van der Waals surface area (Å²) in [4.78, 5) is 11.6. The molecular formula is C10H12N4O4S. The molecule has 0 saturated carbocycles. The van der Waals surface area contributed by atoms with Crippen LogP contribution < -0.4 is 10.5 Å². The Morgan fingerprint density at radius 3 is 2.74 bits per heavy atom. The number of aryl methyl sites for hydroxylation is 2. The molecule has 9 heteroatoms. The molecule has 0 unspecified atom stereocenters. The van der Waals surface area contributed by atoms with Gasteiger partial charge in [0.1, 0.15) is 4.90 Å². The van der Waals surface area contributed by atoms with Crippen LogP contribution in [0.15, 0.2) is 27.8 Å². The van der Waals surface area contributed by atoms with Crippen molar-refractivity contribution in [1.29, 1.82) is 0 Å². The molecule has 2 aromatic rings. The fourth-order valence-corrected chi connectivity index (χ4v) is 2.19. The number of carbonyl (C=O) groups excluding carboxylic acids is 1. The number of nitrogens with two attached hydrogens (primary N) is 1. The number of primary sulfonamides is 1. The highest BCUT2D eigenvalue weighted by Gasteiger charge is 2.22. The highest BCUT2D eigenvalue weighted by molar-refractivity contribution is 7.89. The molecule has 0 fully saturated rings. The number of amides is 1. The van der Waals surface area contributed by atoms with E-state index in [4.69, 9.17) is 9.56 Å². The molecule has 3 N–H and O–H groups in total. The van der Waals surface area contributed by atoms with Crippen LogP contribution in [0.5, 0.6) is 0 Å². The quantitative estimate of drug-likeness (QED) is 0.835. The number of nitrogens with one attached hydrogen (secondary N) is 1. The summed E-state index contributed by atoms with van der Waals surface area (Å²) >= 11 is 0. The summed E-state index contributed by atoms with van der Waals surface area (Å²) in [5.41, 5.74) is 0.630. The third-order valence-electron chi connectivity index (χ3n) is 2.40. The van der Waals surface area contributed by atoms with Crippen LogP contribution in [0.1, 0.15) is 16.1 Å². The monoisotopic (exact) mass is 284 g/mol. The van der Waals surface area contributed by atoms with Gasteiger partial charge in [-0.1, -0.05) is 0 Å². The maximum absolute atomic E-state index is 11.9. The van der Waals surface area contributed by atoms with Gasteiger partial charge < -0.3 is 9.73 Å². The first kappa shape index (κ1) is 13.3. The number of furan rings is 1. The Kier molecular flexibility index (Phi) is 3.16. The van der Waals surface area contributed by atoms with E-state index in [1.165, 1.54) is 24.2 Å². The van der Waals surface area contributed by atoms with Crippen molar-refractivity contribution in [1.82, 2.24) is 9.78 Å². The first-order valence-corrected chi connectivity index (χ1v) is 6.75. The van der Waals surface area contributed by atoms with E-state index in [9.17, 15) is 13.2 Å². The van der Waals surface area contributed by atoms with E-state index in [-0.39, 0.29) is 16.5 Å². The molecule has 2 heterocycles. The fourth-order valence-electron chi connectivity index (χ4n) is 1.53. The van der Waals surface area contributed by atoms with E-state index < -0.39 is 15.9 Å². The summed E-state index contributed by atoms with van der Waals surface area (Å²) in [7, 11) is -2.45. The Balaban J connectivity index is 2.35. The second-order valence-corrected chi connectivity index (χ2v) is 5.48. The van der Waals surface area contributed by atoms with Crippen LogP contribution in [0.3, 0.4) is 0 Å². The maximum Gasteiger partial charge on any atom is 0.292 e. The van der Waals surface area contributed by atoms with Crippen LogP contribution in [-0.4, -0.2) is 24.1 Å². The maximum atomic E-state index is 11.9. The number of rotatable bonds is 3. The smallest absolute Gasteiger partial charge is 0.292 e. The SMILES string of the molecule is Cc1ccoc1C(=O)Nc1nn(C)cc1S(N)(=O)=O. The number of anilines is 1. The molecular weight excluding hydrogens is 272 g/mol. The molecule has 2 aromatic heterocycles. The molecule has 2 rings (SSSR count). The van der Waals surface area contributed by atoms with Gasteiger partial charge in [-0.05, 0) is 13.0 Å². The zero-order chi connectivity index (χ0) is 14.2. The first-order chi connectivity index (χ1) is 8.79. The van der Waals surface area contributed by atoms with E-state index in [0.717, 1.165) is 0 Å². The van der Waals surface area contributed by atoms with Gasteiger partial charge in [0.05, 0.1) is 6.26 Å². The third kappa shape index (κ3) is 2.66. The lowest BCUT2D eigenvalue weighted by Gasteiger charge is -2.02.